The molecule has 1 aromatic rings. The lowest BCUT2D eigenvalue weighted by Gasteiger charge is -2.28. The number of rotatable bonds is 10. The van der Waals surface area contributed by atoms with Gasteiger partial charge >= 0.3 is 5.97 Å². The Kier molecular flexibility index (Phi) is 7.74. The predicted molar refractivity (Wildman–Crippen MR) is 82.3 cm³/mol. The minimum Gasteiger partial charge on any atom is -0.465 e. The number of carbonyl (C=O) groups is 1. The van der Waals surface area contributed by atoms with E-state index in [4.69, 9.17) is 9.15 Å². The summed E-state index contributed by atoms with van der Waals surface area (Å²) >= 11 is 1.51. The lowest BCUT2D eigenvalue weighted by atomic mass is 9.96. The molecular weight excluding hydrogens is 290 g/mol. The average Bonchev–Trinajstić information content (AvgIpc) is 2.87. The second-order valence-electron chi connectivity index (χ2n) is 5.02. The number of nitrogens with one attached hydrogen (secondary N) is 1. The van der Waals surface area contributed by atoms with E-state index in [-0.39, 0.29) is 5.97 Å². The van der Waals surface area contributed by atoms with Crippen molar-refractivity contribution < 1.29 is 13.9 Å². The van der Waals surface area contributed by atoms with E-state index >= 15 is 0 Å². The largest absolute Gasteiger partial charge is 0.465 e. The summed E-state index contributed by atoms with van der Waals surface area (Å²) in [5.41, 5.74) is -0.628. The fourth-order valence-corrected chi connectivity index (χ4v) is 2.62. The van der Waals surface area contributed by atoms with E-state index in [0.29, 0.717) is 24.1 Å². The van der Waals surface area contributed by atoms with Gasteiger partial charge in [0.05, 0.1) is 6.61 Å². The fourth-order valence-electron chi connectivity index (χ4n) is 1.88. The van der Waals surface area contributed by atoms with Gasteiger partial charge in [-0.25, -0.2) is 0 Å². The van der Waals surface area contributed by atoms with E-state index in [1.165, 1.54) is 11.8 Å². The van der Waals surface area contributed by atoms with Crippen LogP contribution in [0.25, 0.3) is 0 Å². The molecule has 1 aromatic heterocycles. The Balaban J connectivity index is 2.43. The highest BCUT2D eigenvalue weighted by Crippen LogP contribution is 2.21. The van der Waals surface area contributed by atoms with Crippen molar-refractivity contribution in [3.63, 3.8) is 0 Å². The summed E-state index contributed by atoms with van der Waals surface area (Å²) in [7, 11) is 0. The number of esters is 1. The number of hydrogen-bond acceptors (Lipinski definition) is 7. The minimum absolute atomic E-state index is 0.183. The number of nitrogens with zero attached hydrogens (tertiary/aromatic N) is 2. The number of thioether (sulfide) groups is 1. The highest BCUT2D eigenvalue weighted by Gasteiger charge is 2.33. The van der Waals surface area contributed by atoms with Gasteiger partial charge in [-0.05, 0) is 39.7 Å². The van der Waals surface area contributed by atoms with Crippen LogP contribution >= 0.6 is 11.8 Å². The van der Waals surface area contributed by atoms with E-state index in [1.807, 2.05) is 13.8 Å². The second kappa shape index (κ2) is 9.04. The number of hydrogen-bond donors (Lipinski definition) is 1. The van der Waals surface area contributed by atoms with Gasteiger partial charge in [-0.3, -0.25) is 4.79 Å². The van der Waals surface area contributed by atoms with Crippen molar-refractivity contribution in [2.45, 2.75) is 57.7 Å². The molecule has 0 aliphatic heterocycles. The molecule has 0 aromatic carbocycles. The van der Waals surface area contributed by atoms with E-state index in [9.17, 15) is 4.79 Å². The van der Waals surface area contributed by atoms with Crippen LogP contribution < -0.4 is 5.32 Å². The molecule has 0 bridgehead atoms. The van der Waals surface area contributed by atoms with Crippen molar-refractivity contribution in [1.82, 2.24) is 15.5 Å². The zero-order chi connectivity index (χ0) is 15.7. The highest BCUT2D eigenvalue weighted by molar-refractivity contribution is 7.99. The fraction of sp³-hybridized carbons (Fsp3) is 0.786. The Morgan fingerprint density at radius 2 is 2.19 bits per heavy atom. The number of ether oxygens (including phenoxy) is 1. The van der Waals surface area contributed by atoms with Crippen LogP contribution in [0.2, 0.25) is 0 Å². The monoisotopic (exact) mass is 315 g/mol. The van der Waals surface area contributed by atoms with Gasteiger partial charge in [-0.1, -0.05) is 18.7 Å². The molecule has 1 atom stereocenters. The molecule has 0 amide bonds. The first kappa shape index (κ1) is 18.0. The maximum Gasteiger partial charge on any atom is 0.326 e. The van der Waals surface area contributed by atoms with Crippen LogP contribution in [0.3, 0.4) is 0 Å². The minimum atomic E-state index is -0.628. The third kappa shape index (κ3) is 6.05. The Hall–Kier alpha value is -1.08. The second-order valence-corrected chi connectivity index (χ2v) is 6.06. The standard InChI is InChI=1S/C14H25N3O3S/c1-5-9-15-14(4,12(18)19-6-2)8-7-10-21-13-17-16-11(3)20-13/h15H,5-10H2,1-4H3. The number of aryl methyl sites for hydroxylation is 1. The summed E-state index contributed by atoms with van der Waals surface area (Å²) in [5, 5.41) is 11.6. The van der Waals surface area contributed by atoms with Crippen molar-refractivity contribution in [2.75, 3.05) is 18.9 Å². The van der Waals surface area contributed by atoms with Crippen LogP contribution in [0.1, 0.15) is 45.9 Å². The molecule has 21 heavy (non-hydrogen) atoms. The Morgan fingerprint density at radius 1 is 1.43 bits per heavy atom. The summed E-state index contributed by atoms with van der Waals surface area (Å²) < 4.78 is 10.5. The van der Waals surface area contributed by atoms with Crippen LogP contribution in [0, 0.1) is 6.92 Å². The normalized spacial score (nSPS) is 13.9. The molecule has 0 spiro atoms. The number of aromatic nitrogens is 2. The summed E-state index contributed by atoms with van der Waals surface area (Å²) in [6, 6.07) is 0. The molecular formula is C14H25N3O3S. The van der Waals surface area contributed by atoms with Gasteiger partial charge < -0.3 is 14.5 Å². The van der Waals surface area contributed by atoms with E-state index in [1.54, 1.807) is 6.92 Å². The number of carbonyl (C=O) groups excluding carboxylic acids is 1. The molecule has 0 aliphatic carbocycles. The molecule has 120 valence electrons. The Labute approximate surface area is 130 Å². The van der Waals surface area contributed by atoms with E-state index < -0.39 is 5.54 Å². The summed E-state index contributed by atoms with van der Waals surface area (Å²) in [5.74, 6) is 1.21. The molecule has 1 rings (SSSR count). The molecule has 0 aliphatic rings. The van der Waals surface area contributed by atoms with Crippen LogP contribution in [0.4, 0.5) is 0 Å². The van der Waals surface area contributed by atoms with Gasteiger partial charge in [0.1, 0.15) is 5.54 Å². The van der Waals surface area contributed by atoms with Crippen molar-refractivity contribution >= 4 is 17.7 Å². The first-order chi connectivity index (χ1) is 10.0. The maximum absolute atomic E-state index is 12.1. The van der Waals surface area contributed by atoms with Gasteiger partial charge in [0.2, 0.25) is 5.89 Å². The lowest BCUT2D eigenvalue weighted by molar-refractivity contribution is -0.150. The van der Waals surface area contributed by atoms with Crippen molar-refractivity contribution in [3.8, 4) is 0 Å². The third-order valence-electron chi connectivity index (χ3n) is 3.05. The quantitative estimate of drug-likeness (QED) is 0.404. The molecule has 0 radical (unpaired) electrons. The summed E-state index contributed by atoms with van der Waals surface area (Å²) in [6.07, 6.45) is 2.55. The van der Waals surface area contributed by atoms with E-state index in [0.717, 1.165) is 25.1 Å². The first-order valence-electron chi connectivity index (χ1n) is 7.37. The molecule has 6 nitrogen and oxygen atoms in total. The van der Waals surface area contributed by atoms with Crippen LogP contribution in [-0.2, 0) is 9.53 Å². The Bertz CT molecular complexity index is 439. The molecule has 0 saturated carbocycles. The molecule has 1 heterocycles. The van der Waals surface area contributed by atoms with Gasteiger partial charge in [0, 0.05) is 12.7 Å². The van der Waals surface area contributed by atoms with Gasteiger partial charge in [0.25, 0.3) is 5.22 Å². The van der Waals surface area contributed by atoms with Crippen molar-refractivity contribution in [2.24, 2.45) is 0 Å². The first-order valence-corrected chi connectivity index (χ1v) is 8.35. The molecule has 0 saturated heterocycles. The van der Waals surface area contributed by atoms with Gasteiger partial charge in [-0.15, -0.1) is 10.2 Å². The van der Waals surface area contributed by atoms with Crippen molar-refractivity contribution in [1.29, 1.82) is 0 Å². The molecule has 1 unspecified atom stereocenters. The van der Waals surface area contributed by atoms with E-state index in [2.05, 4.69) is 22.4 Å². The topological polar surface area (TPSA) is 77.3 Å². The summed E-state index contributed by atoms with van der Waals surface area (Å²) in [4.78, 5) is 12.1. The van der Waals surface area contributed by atoms with Gasteiger partial charge in [0.15, 0.2) is 0 Å². The van der Waals surface area contributed by atoms with Crippen molar-refractivity contribution in [3.05, 3.63) is 5.89 Å². The zero-order valence-electron chi connectivity index (χ0n) is 13.3. The van der Waals surface area contributed by atoms with Crippen LogP contribution in [0.15, 0.2) is 9.64 Å². The Morgan fingerprint density at radius 3 is 2.76 bits per heavy atom. The molecule has 7 heteroatoms. The highest BCUT2D eigenvalue weighted by atomic mass is 32.2. The zero-order valence-corrected chi connectivity index (χ0v) is 14.1. The third-order valence-corrected chi connectivity index (χ3v) is 3.95. The predicted octanol–water partition coefficient (Wildman–Crippen LogP) is 2.57. The van der Waals surface area contributed by atoms with Crippen LogP contribution in [-0.4, -0.2) is 40.6 Å². The molecule has 1 N–H and O–H groups in total. The maximum atomic E-state index is 12.1. The smallest absolute Gasteiger partial charge is 0.326 e. The summed E-state index contributed by atoms with van der Waals surface area (Å²) in [6.45, 7) is 8.77. The van der Waals surface area contributed by atoms with Crippen LogP contribution in [0.5, 0.6) is 0 Å². The van der Waals surface area contributed by atoms with Gasteiger partial charge in [-0.2, -0.15) is 0 Å². The molecule has 0 fully saturated rings. The lowest BCUT2D eigenvalue weighted by Crippen LogP contribution is -2.50. The average molecular weight is 315 g/mol. The SMILES string of the molecule is CCCNC(C)(CCCSc1nnc(C)o1)C(=O)OCC.